The number of allylic oxidation sites excluding steroid dienone is 2. The summed E-state index contributed by atoms with van der Waals surface area (Å²) in [4.78, 5) is 23.6. The van der Waals surface area contributed by atoms with E-state index in [2.05, 4.69) is 12.2 Å². The molecule has 0 amide bonds. The summed E-state index contributed by atoms with van der Waals surface area (Å²) in [7, 11) is 0. The van der Waals surface area contributed by atoms with E-state index in [9.17, 15) is 14.7 Å². The van der Waals surface area contributed by atoms with Crippen LogP contribution < -0.4 is 0 Å². The van der Waals surface area contributed by atoms with E-state index in [0.29, 0.717) is 19.3 Å². The maximum absolute atomic E-state index is 11.8. The van der Waals surface area contributed by atoms with Crippen molar-refractivity contribution in [1.82, 2.24) is 0 Å². The van der Waals surface area contributed by atoms with E-state index < -0.39 is 5.92 Å². The first-order chi connectivity index (χ1) is 10.6. The Bertz CT molecular complexity index is 484. The Morgan fingerprint density at radius 2 is 1.55 bits per heavy atom. The third-order valence-electron chi connectivity index (χ3n) is 3.80. The number of Topliss-reactive ketones (excluding diaryl/α,β-unsaturated/α-hetero) is 2. The van der Waals surface area contributed by atoms with Crippen LogP contribution in [0.1, 0.15) is 51.5 Å². The van der Waals surface area contributed by atoms with Gasteiger partial charge >= 0.3 is 0 Å². The van der Waals surface area contributed by atoms with Gasteiger partial charge in [-0.2, -0.15) is 0 Å². The molecule has 0 saturated heterocycles. The Labute approximate surface area is 133 Å². The summed E-state index contributed by atoms with van der Waals surface area (Å²) >= 11 is 0. The van der Waals surface area contributed by atoms with Crippen molar-refractivity contribution in [2.75, 3.05) is 0 Å². The molecule has 0 heterocycles. The van der Waals surface area contributed by atoms with Gasteiger partial charge in [-0.3, -0.25) is 9.59 Å². The zero-order chi connectivity index (χ0) is 16.4. The largest absolute Gasteiger partial charge is 0.508 e. The highest BCUT2D eigenvalue weighted by Gasteiger charge is 2.22. The van der Waals surface area contributed by atoms with Crippen LogP contribution in [0.5, 0.6) is 5.75 Å². The number of carbonyl (C=O) groups excluding carboxylic acids is 2. The molecule has 0 spiro atoms. The molecule has 0 aliphatic heterocycles. The maximum Gasteiger partial charge on any atom is 0.143 e. The SMILES string of the molecule is CCC(=O)C(CCC=CCCc1ccc(O)cc1)C(=O)CC. The number of rotatable bonds is 10. The lowest BCUT2D eigenvalue weighted by molar-refractivity contribution is -0.132. The van der Waals surface area contributed by atoms with E-state index in [1.165, 1.54) is 5.56 Å². The van der Waals surface area contributed by atoms with Crippen LogP contribution in [0.3, 0.4) is 0 Å². The molecule has 0 bridgehead atoms. The quantitative estimate of drug-likeness (QED) is 0.519. The number of aryl methyl sites for hydroxylation is 1. The van der Waals surface area contributed by atoms with Crippen molar-refractivity contribution in [3.8, 4) is 5.75 Å². The number of carbonyl (C=O) groups is 2. The molecule has 22 heavy (non-hydrogen) atoms. The lowest BCUT2D eigenvalue weighted by Crippen LogP contribution is -2.22. The zero-order valence-corrected chi connectivity index (χ0v) is 13.5. The fourth-order valence-corrected chi connectivity index (χ4v) is 2.41. The van der Waals surface area contributed by atoms with Gasteiger partial charge in [0, 0.05) is 12.8 Å². The van der Waals surface area contributed by atoms with Crippen LogP contribution >= 0.6 is 0 Å². The summed E-state index contributed by atoms with van der Waals surface area (Å²) < 4.78 is 0. The Morgan fingerprint density at radius 3 is 2.09 bits per heavy atom. The molecule has 120 valence electrons. The van der Waals surface area contributed by atoms with E-state index in [-0.39, 0.29) is 17.3 Å². The van der Waals surface area contributed by atoms with Crippen molar-refractivity contribution in [3.05, 3.63) is 42.0 Å². The molecule has 3 heteroatoms. The van der Waals surface area contributed by atoms with Crippen LogP contribution in [-0.4, -0.2) is 16.7 Å². The fourth-order valence-electron chi connectivity index (χ4n) is 2.41. The van der Waals surface area contributed by atoms with E-state index >= 15 is 0 Å². The molecule has 1 N–H and O–H groups in total. The molecule has 3 nitrogen and oxygen atoms in total. The molecule has 0 aromatic heterocycles. The van der Waals surface area contributed by atoms with Crippen molar-refractivity contribution >= 4 is 11.6 Å². The molecule has 0 fully saturated rings. The lowest BCUT2D eigenvalue weighted by atomic mass is 9.91. The maximum atomic E-state index is 11.8. The van der Waals surface area contributed by atoms with E-state index in [1.807, 2.05) is 26.0 Å². The van der Waals surface area contributed by atoms with E-state index in [1.54, 1.807) is 12.1 Å². The Hall–Kier alpha value is -1.90. The predicted molar refractivity (Wildman–Crippen MR) is 88.9 cm³/mol. The van der Waals surface area contributed by atoms with Crippen LogP contribution in [0.4, 0.5) is 0 Å². The summed E-state index contributed by atoms with van der Waals surface area (Å²) in [5.74, 6) is -0.0167. The minimum Gasteiger partial charge on any atom is -0.508 e. The van der Waals surface area contributed by atoms with Gasteiger partial charge in [-0.05, 0) is 43.4 Å². The van der Waals surface area contributed by atoms with Crippen molar-refractivity contribution < 1.29 is 14.7 Å². The van der Waals surface area contributed by atoms with E-state index in [0.717, 1.165) is 19.3 Å². The average molecular weight is 302 g/mol. The first kappa shape index (κ1) is 18.1. The molecule has 1 aromatic rings. The highest BCUT2D eigenvalue weighted by molar-refractivity contribution is 6.02. The van der Waals surface area contributed by atoms with Gasteiger partial charge in [0.05, 0.1) is 5.92 Å². The number of aromatic hydroxyl groups is 1. The standard InChI is InChI=1S/C19H26O3/c1-3-18(21)17(19(22)4-2)10-8-6-5-7-9-15-11-13-16(20)14-12-15/h5-6,11-14,17,20H,3-4,7-10H2,1-2H3. The molecule has 1 rings (SSSR count). The molecule has 0 unspecified atom stereocenters. The number of hydrogen-bond donors (Lipinski definition) is 1. The van der Waals surface area contributed by atoms with Gasteiger partial charge in [0.15, 0.2) is 0 Å². The normalized spacial score (nSPS) is 11.2. The topological polar surface area (TPSA) is 54.4 Å². The van der Waals surface area contributed by atoms with Gasteiger partial charge < -0.3 is 5.11 Å². The van der Waals surface area contributed by atoms with E-state index in [4.69, 9.17) is 0 Å². The molecular weight excluding hydrogens is 276 g/mol. The monoisotopic (exact) mass is 302 g/mol. The molecule has 0 radical (unpaired) electrons. The molecule has 0 atom stereocenters. The Kier molecular flexibility index (Phi) is 8.19. The van der Waals surface area contributed by atoms with Crippen LogP contribution in [0.15, 0.2) is 36.4 Å². The second kappa shape index (κ2) is 9.93. The average Bonchev–Trinajstić information content (AvgIpc) is 2.54. The summed E-state index contributed by atoms with van der Waals surface area (Å²) in [6.45, 7) is 3.62. The summed E-state index contributed by atoms with van der Waals surface area (Å²) in [6, 6.07) is 7.21. The lowest BCUT2D eigenvalue weighted by Gasteiger charge is -2.11. The number of benzene rings is 1. The highest BCUT2D eigenvalue weighted by atomic mass is 16.3. The molecular formula is C19H26O3. The Balaban J connectivity index is 2.33. The fraction of sp³-hybridized carbons (Fsp3) is 0.474. The third kappa shape index (κ3) is 6.25. The first-order valence-electron chi connectivity index (χ1n) is 8.06. The minimum absolute atomic E-state index is 0.0596. The number of hydrogen-bond acceptors (Lipinski definition) is 3. The van der Waals surface area contributed by atoms with Gasteiger partial charge in [0.2, 0.25) is 0 Å². The van der Waals surface area contributed by atoms with Gasteiger partial charge in [0.1, 0.15) is 17.3 Å². The summed E-state index contributed by atoms with van der Waals surface area (Å²) in [5, 5.41) is 9.21. The van der Waals surface area contributed by atoms with Gasteiger partial charge in [0.25, 0.3) is 0 Å². The summed E-state index contributed by atoms with van der Waals surface area (Å²) in [5.41, 5.74) is 1.18. The predicted octanol–water partition coefficient (Wildman–Crippen LogP) is 4.24. The second-order valence-electron chi connectivity index (χ2n) is 5.45. The van der Waals surface area contributed by atoms with Crippen molar-refractivity contribution in [3.63, 3.8) is 0 Å². The van der Waals surface area contributed by atoms with Crippen LogP contribution in [-0.2, 0) is 16.0 Å². The van der Waals surface area contributed by atoms with Gasteiger partial charge in [-0.1, -0.05) is 38.1 Å². The molecule has 0 aliphatic rings. The third-order valence-corrected chi connectivity index (χ3v) is 3.80. The van der Waals surface area contributed by atoms with Crippen LogP contribution in [0, 0.1) is 5.92 Å². The zero-order valence-electron chi connectivity index (χ0n) is 13.5. The van der Waals surface area contributed by atoms with Crippen LogP contribution in [0.25, 0.3) is 0 Å². The molecule has 1 aromatic carbocycles. The Morgan fingerprint density at radius 1 is 1.00 bits per heavy atom. The van der Waals surface area contributed by atoms with Crippen molar-refractivity contribution in [2.45, 2.75) is 52.4 Å². The molecule has 0 aliphatic carbocycles. The van der Waals surface area contributed by atoms with Gasteiger partial charge in [-0.25, -0.2) is 0 Å². The second-order valence-corrected chi connectivity index (χ2v) is 5.45. The number of phenolic OH excluding ortho intramolecular Hbond substituents is 1. The van der Waals surface area contributed by atoms with Gasteiger partial charge in [-0.15, -0.1) is 0 Å². The van der Waals surface area contributed by atoms with Crippen LogP contribution in [0.2, 0.25) is 0 Å². The highest BCUT2D eigenvalue weighted by Crippen LogP contribution is 2.15. The molecule has 0 saturated carbocycles. The number of phenols is 1. The minimum atomic E-state index is -0.420. The first-order valence-corrected chi connectivity index (χ1v) is 8.06. The smallest absolute Gasteiger partial charge is 0.143 e. The summed E-state index contributed by atoms with van der Waals surface area (Å²) in [6.07, 6.45) is 8.23. The number of ketones is 2. The van der Waals surface area contributed by atoms with Crippen molar-refractivity contribution in [1.29, 1.82) is 0 Å². The van der Waals surface area contributed by atoms with Crippen molar-refractivity contribution in [2.24, 2.45) is 5.92 Å².